The van der Waals surface area contributed by atoms with Gasteiger partial charge >= 0.3 is 0 Å². The Morgan fingerprint density at radius 2 is 2.06 bits per heavy atom. The van der Waals surface area contributed by atoms with Gasteiger partial charge in [0, 0.05) is 24.8 Å². The van der Waals surface area contributed by atoms with Gasteiger partial charge in [0.05, 0.1) is 0 Å². The third-order valence-corrected chi connectivity index (χ3v) is 3.37. The zero-order valence-electron chi connectivity index (χ0n) is 11.1. The van der Waals surface area contributed by atoms with E-state index in [9.17, 15) is 0 Å². The molecule has 1 aliphatic carbocycles. The van der Waals surface area contributed by atoms with E-state index in [0.29, 0.717) is 6.04 Å². The summed E-state index contributed by atoms with van der Waals surface area (Å²) in [7, 11) is 0. The number of hydrogen-bond donors (Lipinski definition) is 1. The van der Waals surface area contributed by atoms with Crippen LogP contribution in [0, 0.1) is 5.92 Å². The summed E-state index contributed by atoms with van der Waals surface area (Å²) < 4.78 is 0. The van der Waals surface area contributed by atoms with Crippen molar-refractivity contribution in [2.24, 2.45) is 11.7 Å². The average molecular weight is 233 g/mol. The van der Waals surface area contributed by atoms with Gasteiger partial charge in [-0.25, -0.2) is 4.98 Å². The Morgan fingerprint density at radius 3 is 2.47 bits per heavy atom. The van der Waals surface area contributed by atoms with E-state index in [2.05, 4.69) is 35.9 Å². The summed E-state index contributed by atoms with van der Waals surface area (Å²) in [5, 5.41) is 0. The van der Waals surface area contributed by atoms with Gasteiger partial charge in [-0.05, 0) is 51.2 Å². The van der Waals surface area contributed by atoms with Crippen LogP contribution in [0.2, 0.25) is 0 Å². The molecule has 17 heavy (non-hydrogen) atoms. The number of nitrogens with zero attached hydrogens (tertiary/aromatic N) is 2. The van der Waals surface area contributed by atoms with E-state index in [0.717, 1.165) is 23.8 Å². The first-order valence-corrected chi connectivity index (χ1v) is 6.56. The lowest BCUT2D eigenvalue weighted by molar-refractivity contribution is 0.636. The van der Waals surface area contributed by atoms with Gasteiger partial charge in [0.2, 0.25) is 0 Å². The van der Waals surface area contributed by atoms with Crippen molar-refractivity contribution in [3.63, 3.8) is 0 Å². The van der Waals surface area contributed by atoms with Crippen LogP contribution in [-0.4, -0.2) is 17.6 Å². The minimum absolute atomic E-state index is 0.0625. The first-order chi connectivity index (χ1) is 8.08. The predicted octanol–water partition coefficient (Wildman–Crippen LogP) is 2.73. The topological polar surface area (TPSA) is 42.1 Å². The van der Waals surface area contributed by atoms with Gasteiger partial charge < -0.3 is 10.6 Å². The summed E-state index contributed by atoms with van der Waals surface area (Å²) in [6.07, 6.45) is 4.66. The van der Waals surface area contributed by atoms with Gasteiger partial charge in [0.25, 0.3) is 0 Å². The summed E-state index contributed by atoms with van der Waals surface area (Å²) in [5.74, 6) is 1.96. The second-order valence-corrected chi connectivity index (χ2v) is 5.43. The molecule has 0 unspecified atom stereocenters. The average Bonchev–Trinajstić information content (AvgIpc) is 3.09. The molecule has 0 aromatic carbocycles. The smallest absolute Gasteiger partial charge is 0.128 e. The highest BCUT2D eigenvalue weighted by atomic mass is 15.2. The normalized spacial score (nSPS) is 17.2. The summed E-state index contributed by atoms with van der Waals surface area (Å²) >= 11 is 0. The summed E-state index contributed by atoms with van der Waals surface area (Å²) in [6.45, 7) is 7.58. The first kappa shape index (κ1) is 12.4. The van der Waals surface area contributed by atoms with Crippen molar-refractivity contribution in [3.8, 4) is 0 Å². The summed E-state index contributed by atoms with van der Waals surface area (Å²) in [5.41, 5.74) is 6.94. The van der Waals surface area contributed by atoms with E-state index in [-0.39, 0.29) is 6.04 Å². The Bertz CT molecular complexity index is 352. The number of nitrogens with two attached hydrogens (primary N) is 1. The van der Waals surface area contributed by atoms with Crippen molar-refractivity contribution >= 4 is 5.82 Å². The molecule has 0 radical (unpaired) electrons. The van der Waals surface area contributed by atoms with Crippen molar-refractivity contribution in [2.75, 3.05) is 11.4 Å². The molecule has 1 heterocycles. The number of aromatic nitrogens is 1. The van der Waals surface area contributed by atoms with Crippen molar-refractivity contribution < 1.29 is 0 Å². The maximum atomic E-state index is 5.84. The molecule has 1 aromatic heterocycles. The maximum Gasteiger partial charge on any atom is 0.128 e. The van der Waals surface area contributed by atoms with Crippen LogP contribution in [0.5, 0.6) is 0 Å². The minimum Gasteiger partial charge on any atom is -0.354 e. The number of rotatable bonds is 5. The van der Waals surface area contributed by atoms with Gasteiger partial charge in [0.15, 0.2) is 0 Å². The molecule has 3 heteroatoms. The van der Waals surface area contributed by atoms with Crippen molar-refractivity contribution in [1.82, 2.24) is 4.98 Å². The largest absolute Gasteiger partial charge is 0.354 e. The monoisotopic (exact) mass is 233 g/mol. The molecule has 1 saturated carbocycles. The second kappa shape index (κ2) is 5.05. The van der Waals surface area contributed by atoms with E-state index in [1.807, 2.05) is 13.1 Å². The van der Waals surface area contributed by atoms with E-state index >= 15 is 0 Å². The molecule has 0 saturated heterocycles. The fourth-order valence-corrected chi connectivity index (χ4v) is 1.98. The molecule has 94 valence electrons. The van der Waals surface area contributed by atoms with Crippen LogP contribution in [0.25, 0.3) is 0 Å². The minimum atomic E-state index is 0.0625. The van der Waals surface area contributed by atoms with Crippen molar-refractivity contribution in [3.05, 3.63) is 23.9 Å². The highest BCUT2D eigenvalue weighted by molar-refractivity contribution is 5.41. The third kappa shape index (κ3) is 3.19. The number of pyridine rings is 1. The molecule has 2 N–H and O–H groups in total. The van der Waals surface area contributed by atoms with E-state index in [4.69, 9.17) is 5.73 Å². The molecule has 0 aliphatic heterocycles. The quantitative estimate of drug-likeness (QED) is 0.850. The van der Waals surface area contributed by atoms with Gasteiger partial charge in [-0.2, -0.15) is 0 Å². The predicted molar refractivity (Wildman–Crippen MR) is 72.0 cm³/mol. The van der Waals surface area contributed by atoms with Crippen LogP contribution in [0.15, 0.2) is 18.3 Å². The highest BCUT2D eigenvalue weighted by Gasteiger charge is 2.26. The summed E-state index contributed by atoms with van der Waals surface area (Å²) in [6, 6.07) is 4.76. The van der Waals surface area contributed by atoms with Crippen molar-refractivity contribution in [1.29, 1.82) is 0 Å². The van der Waals surface area contributed by atoms with Crippen LogP contribution in [-0.2, 0) is 0 Å². The Hall–Kier alpha value is -1.09. The second-order valence-electron chi connectivity index (χ2n) is 5.43. The first-order valence-electron chi connectivity index (χ1n) is 6.56. The fourth-order valence-electron chi connectivity index (χ4n) is 1.98. The Morgan fingerprint density at radius 1 is 1.35 bits per heavy atom. The fraction of sp³-hybridized carbons (Fsp3) is 0.643. The molecular formula is C14H23N3. The molecule has 1 aliphatic rings. The van der Waals surface area contributed by atoms with Crippen LogP contribution in [0.3, 0.4) is 0 Å². The van der Waals surface area contributed by atoms with Gasteiger partial charge in [0.1, 0.15) is 5.82 Å². The van der Waals surface area contributed by atoms with Crippen LogP contribution < -0.4 is 10.6 Å². The van der Waals surface area contributed by atoms with Crippen molar-refractivity contribution in [2.45, 2.75) is 45.7 Å². The Balaban J connectivity index is 2.11. The molecule has 3 nitrogen and oxygen atoms in total. The Labute approximate surface area is 104 Å². The lowest BCUT2D eigenvalue weighted by Gasteiger charge is -2.28. The lowest BCUT2D eigenvalue weighted by atomic mass is 10.1. The zero-order valence-corrected chi connectivity index (χ0v) is 11.1. The van der Waals surface area contributed by atoms with E-state index < -0.39 is 0 Å². The van der Waals surface area contributed by atoms with Gasteiger partial charge in [-0.1, -0.05) is 6.07 Å². The molecule has 0 spiro atoms. The Kier molecular flexibility index (Phi) is 3.67. The van der Waals surface area contributed by atoms with Gasteiger partial charge in [-0.3, -0.25) is 0 Å². The summed E-state index contributed by atoms with van der Waals surface area (Å²) in [4.78, 5) is 6.94. The molecule has 1 aromatic rings. The van der Waals surface area contributed by atoms with Crippen LogP contribution in [0.1, 0.15) is 45.2 Å². The van der Waals surface area contributed by atoms with Crippen LogP contribution in [0.4, 0.5) is 5.82 Å². The molecular weight excluding hydrogens is 210 g/mol. The number of hydrogen-bond acceptors (Lipinski definition) is 3. The van der Waals surface area contributed by atoms with Gasteiger partial charge in [-0.15, -0.1) is 0 Å². The third-order valence-electron chi connectivity index (χ3n) is 3.37. The molecule has 1 atom stereocenters. The molecule has 0 amide bonds. The lowest BCUT2D eigenvalue weighted by Crippen LogP contribution is -2.33. The SMILES string of the molecule is CC(C)N(CC1CC1)c1ccc([C@H](C)N)cn1. The van der Waals surface area contributed by atoms with Crippen LogP contribution >= 0.6 is 0 Å². The maximum absolute atomic E-state index is 5.84. The molecule has 1 fully saturated rings. The van der Waals surface area contributed by atoms with E-state index in [1.165, 1.54) is 12.8 Å². The molecule has 0 bridgehead atoms. The zero-order chi connectivity index (χ0) is 12.4. The molecule has 2 rings (SSSR count). The standard InChI is InChI=1S/C14H23N3/c1-10(2)17(9-12-4-5-12)14-7-6-13(8-16-14)11(3)15/h6-8,10-12H,4-5,9,15H2,1-3H3/t11-/m0/s1. The van der Waals surface area contributed by atoms with E-state index in [1.54, 1.807) is 0 Å². The highest BCUT2D eigenvalue weighted by Crippen LogP contribution is 2.31. The number of anilines is 1.